The van der Waals surface area contributed by atoms with Gasteiger partial charge in [0.05, 0.1) is 11.5 Å². The Bertz CT molecular complexity index is 539. The van der Waals surface area contributed by atoms with Gasteiger partial charge in [-0.1, -0.05) is 6.92 Å². The molecule has 3 N–H and O–H groups in total. The summed E-state index contributed by atoms with van der Waals surface area (Å²) in [5, 5.41) is 14.3. The highest BCUT2D eigenvalue weighted by atomic mass is 16.6. The van der Waals surface area contributed by atoms with Crippen LogP contribution in [0.2, 0.25) is 0 Å². The van der Waals surface area contributed by atoms with Crippen molar-refractivity contribution in [2.45, 2.75) is 19.8 Å². The number of hydrogen-bond donors (Lipinski definition) is 2. The van der Waals surface area contributed by atoms with Crippen LogP contribution in [0.4, 0.5) is 23.3 Å². The highest BCUT2D eigenvalue weighted by Crippen LogP contribution is 2.34. The van der Waals surface area contributed by atoms with E-state index in [2.05, 4.69) is 22.2 Å². The summed E-state index contributed by atoms with van der Waals surface area (Å²) in [6.45, 7) is 4.58. The van der Waals surface area contributed by atoms with Crippen molar-refractivity contribution in [2.75, 3.05) is 49.3 Å². The van der Waals surface area contributed by atoms with Gasteiger partial charge in [-0.15, -0.1) is 0 Å². The largest absolute Gasteiger partial charge is 0.383 e. The Morgan fingerprint density at radius 2 is 2.32 bits per heavy atom. The van der Waals surface area contributed by atoms with Crippen molar-refractivity contribution in [1.29, 1.82) is 0 Å². The lowest BCUT2D eigenvalue weighted by atomic mass is 10.0. The molecular formula is C13H22N6O3. The van der Waals surface area contributed by atoms with Crippen LogP contribution in [0.1, 0.15) is 19.8 Å². The first-order valence-electron chi connectivity index (χ1n) is 7.32. The van der Waals surface area contributed by atoms with E-state index in [0.29, 0.717) is 24.9 Å². The fourth-order valence-corrected chi connectivity index (χ4v) is 2.58. The number of anilines is 3. The van der Waals surface area contributed by atoms with Crippen molar-refractivity contribution in [2.24, 2.45) is 5.92 Å². The molecule has 22 heavy (non-hydrogen) atoms. The second kappa shape index (κ2) is 7.21. The van der Waals surface area contributed by atoms with E-state index in [1.807, 2.05) is 4.90 Å². The number of ether oxygens (including phenoxy) is 1. The molecule has 0 radical (unpaired) electrons. The molecule has 1 aliphatic rings. The summed E-state index contributed by atoms with van der Waals surface area (Å²) in [6, 6.07) is 0. The van der Waals surface area contributed by atoms with Crippen LogP contribution in [0.15, 0.2) is 0 Å². The quantitative estimate of drug-likeness (QED) is 0.458. The SMILES string of the molecule is COCCNc1nc(N)c([N+](=O)[O-])c(N2CCC[C@@H](C)C2)n1. The van der Waals surface area contributed by atoms with E-state index in [9.17, 15) is 10.1 Å². The molecule has 0 spiro atoms. The summed E-state index contributed by atoms with van der Waals surface area (Å²) < 4.78 is 4.95. The van der Waals surface area contributed by atoms with Gasteiger partial charge >= 0.3 is 5.69 Å². The Morgan fingerprint density at radius 1 is 1.55 bits per heavy atom. The van der Waals surface area contributed by atoms with Gasteiger partial charge in [-0.05, 0) is 18.8 Å². The molecule has 0 saturated carbocycles. The monoisotopic (exact) mass is 310 g/mol. The zero-order valence-electron chi connectivity index (χ0n) is 12.9. The predicted molar refractivity (Wildman–Crippen MR) is 84.1 cm³/mol. The van der Waals surface area contributed by atoms with E-state index < -0.39 is 4.92 Å². The fourth-order valence-electron chi connectivity index (χ4n) is 2.58. The molecule has 0 aliphatic carbocycles. The highest BCUT2D eigenvalue weighted by molar-refractivity contribution is 5.71. The molecule has 1 aromatic rings. The summed E-state index contributed by atoms with van der Waals surface area (Å²) in [5.74, 6) is 0.930. The standard InChI is InChI=1S/C13H22N6O3/c1-9-4-3-6-18(8-9)12-10(19(20)21)11(14)16-13(17-12)15-5-7-22-2/h9H,3-8H2,1-2H3,(H3,14,15,16,17)/t9-/m1/s1. The molecule has 9 heteroatoms. The molecule has 2 heterocycles. The van der Waals surface area contributed by atoms with Crippen LogP contribution in [0.3, 0.4) is 0 Å². The summed E-state index contributed by atoms with van der Waals surface area (Å²) in [5.41, 5.74) is 5.56. The average Bonchev–Trinajstić information content (AvgIpc) is 2.46. The predicted octanol–water partition coefficient (Wildman–Crippen LogP) is 1.26. The van der Waals surface area contributed by atoms with Crippen molar-refractivity contribution in [3.63, 3.8) is 0 Å². The molecule has 122 valence electrons. The van der Waals surface area contributed by atoms with Crippen molar-refractivity contribution < 1.29 is 9.66 Å². The van der Waals surface area contributed by atoms with Crippen molar-refractivity contribution in [1.82, 2.24) is 9.97 Å². The fraction of sp³-hybridized carbons (Fsp3) is 0.692. The Balaban J connectivity index is 2.32. The van der Waals surface area contributed by atoms with Gasteiger partial charge in [-0.3, -0.25) is 10.1 Å². The number of nitrogens with two attached hydrogens (primary N) is 1. The van der Waals surface area contributed by atoms with Gasteiger partial charge in [0.1, 0.15) is 0 Å². The van der Waals surface area contributed by atoms with E-state index in [-0.39, 0.29) is 17.5 Å². The van der Waals surface area contributed by atoms with Gasteiger partial charge in [-0.25, -0.2) is 0 Å². The minimum atomic E-state index is -0.511. The number of nitro groups is 1. The number of nitrogens with one attached hydrogen (secondary N) is 1. The lowest BCUT2D eigenvalue weighted by Gasteiger charge is -2.31. The van der Waals surface area contributed by atoms with Crippen LogP contribution in [0, 0.1) is 16.0 Å². The molecule has 1 fully saturated rings. The molecule has 1 aliphatic heterocycles. The number of nitrogens with zero attached hydrogens (tertiary/aromatic N) is 4. The highest BCUT2D eigenvalue weighted by Gasteiger charge is 2.29. The Kier molecular flexibility index (Phi) is 5.31. The van der Waals surface area contributed by atoms with E-state index >= 15 is 0 Å². The normalized spacial score (nSPS) is 18.3. The lowest BCUT2D eigenvalue weighted by molar-refractivity contribution is -0.383. The maximum Gasteiger partial charge on any atom is 0.353 e. The Morgan fingerprint density at radius 3 is 2.95 bits per heavy atom. The number of aromatic nitrogens is 2. The van der Waals surface area contributed by atoms with Crippen LogP contribution < -0.4 is 16.0 Å². The average molecular weight is 310 g/mol. The maximum atomic E-state index is 11.3. The number of rotatable bonds is 6. The van der Waals surface area contributed by atoms with E-state index in [1.165, 1.54) is 0 Å². The van der Waals surface area contributed by atoms with Crippen LogP contribution in [-0.4, -0.2) is 48.2 Å². The number of piperidine rings is 1. The summed E-state index contributed by atoms with van der Waals surface area (Å²) in [6.07, 6.45) is 2.10. The molecule has 2 rings (SSSR count). The second-order valence-corrected chi connectivity index (χ2v) is 5.47. The van der Waals surface area contributed by atoms with Gasteiger partial charge < -0.3 is 20.7 Å². The van der Waals surface area contributed by atoms with E-state index in [1.54, 1.807) is 7.11 Å². The summed E-state index contributed by atoms with van der Waals surface area (Å²) in [7, 11) is 1.59. The molecular weight excluding hydrogens is 288 g/mol. The van der Waals surface area contributed by atoms with Crippen LogP contribution in [-0.2, 0) is 4.74 Å². The maximum absolute atomic E-state index is 11.3. The Hall–Kier alpha value is -2.16. The molecule has 0 bridgehead atoms. The molecule has 1 aromatic heterocycles. The third-order valence-electron chi connectivity index (χ3n) is 3.62. The van der Waals surface area contributed by atoms with Crippen molar-refractivity contribution in [3.8, 4) is 0 Å². The van der Waals surface area contributed by atoms with Gasteiger partial charge in [0.25, 0.3) is 0 Å². The number of hydrogen-bond acceptors (Lipinski definition) is 8. The summed E-state index contributed by atoms with van der Waals surface area (Å²) >= 11 is 0. The lowest BCUT2D eigenvalue weighted by Crippen LogP contribution is -2.35. The topological polar surface area (TPSA) is 119 Å². The van der Waals surface area contributed by atoms with E-state index in [4.69, 9.17) is 10.5 Å². The first-order chi connectivity index (χ1) is 10.5. The smallest absolute Gasteiger partial charge is 0.353 e. The molecule has 9 nitrogen and oxygen atoms in total. The zero-order chi connectivity index (χ0) is 16.1. The zero-order valence-corrected chi connectivity index (χ0v) is 12.9. The number of methoxy groups -OCH3 is 1. The Labute approximate surface area is 129 Å². The third-order valence-corrected chi connectivity index (χ3v) is 3.62. The van der Waals surface area contributed by atoms with Crippen LogP contribution in [0.5, 0.6) is 0 Å². The summed E-state index contributed by atoms with van der Waals surface area (Å²) in [4.78, 5) is 21.0. The first-order valence-corrected chi connectivity index (χ1v) is 7.32. The molecule has 0 unspecified atom stereocenters. The first kappa shape index (κ1) is 16.2. The van der Waals surface area contributed by atoms with Gasteiger partial charge in [-0.2, -0.15) is 9.97 Å². The van der Waals surface area contributed by atoms with Crippen molar-refractivity contribution >= 4 is 23.3 Å². The van der Waals surface area contributed by atoms with Crippen molar-refractivity contribution in [3.05, 3.63) is 10.1 Å². The van der Waals surface area contributed by atoms with Crippen LogP contribution in [0.25, 0.3) is 0 Å². The molecule has 1 saturated heterocycles. The van der Waals surface area contributed by atoms with E-state index in [0.717, 1.165) is 25.9 Å². The van der Waals surface area contributed by atoms with Crippen LogP contribution >= 0.6 is 0 Å². The molecule has 0 aromatic carbocycles. The molecule has 0 amide bonds. The number of nitrogen functional groups attached to an aromatic ring is 1. The third kappa shape index (κ3) is 3.73. The minimum absolute atomic E-state index is 0.117. The van der Waals surface area contributed by atoms with Gasteiger partial charge in [0, 0.05) is 26.7 Å². The van der Waals surface area contributed by atoms with Gasteiger partial charge in [0.2, 0.25) is 17.6 Å². The minimum Gasteiger partial charge on any atom is -0.383 e. The molecule has 1 atom stereocenters. The van der Waals surface area contributed by atoms with Gasteiger partial charge in [0.15, 0.2) is 0 Å². The second-order valence-electron chi connectivity index (χ2n) is 5.47.